The second-order valence-electron chi connectivity index (χ2n) is 5.30. The third-order valence-corrected chi connectivity index (χ3v) is 3.64. The van der Waals surface area contributed by atoms with Crippen molar-refractivity contribution in [3.63, 3.8) is 0 Å². The van der Waals surface area contributed by atoms with Crippen molar-refractivity contribution in [2.24, 2.45) is 0 Å². The minimum Gasteiger partial charge on any atom is -0.479 e. The monoisotopic (exact) mass is 324 g/mol. The average Bonchev–Trinajstić information content (AvgIpc) is 2.61. The van der Waals surface area contributed by atoms with Gasteiger partial charge in [-0.1, -0.05) is 30.3 Å². The number of methoxy groups -OCH3 is 1. The molecule has 1 heterocycles. The average molecular weight is 324 g/mol. The normalized spacial score (nSPS) is 11.9. The maximum atomic E-state index is 12.2. The number of ether oxygens (including phenoxy) is 2. The topological polar surface area (TPSA) is 65.7 Å². The largest absolute Gasteiger partial charge is 0.479 e. The molecule has 0 saturated carbocycles. The molecule has 0 N–H and O–H groups in total. The van der Waals surface area contributed by atoms with Gasteiger partial charge in [-0.2, -0.15) is 0 Å². The zero-order valence-corrected chi connectivity index (χ0v) is 13.3. The van der Waals surface area contributed by atoms with E-state index in [0.29, 0.717) is 16.9 Å². The predicted molar refractivity (Wildman–Crippen MR) is 90.0 cm³/mol. The molecular weight excluding hydrogens is 308 g/mol. The van der Waals surface area contributed by atoms with Gasteiger partial charge in [0.15, 0.2) is 6.10 Å². The molecule has 2 aromatic carbocycles. The Balaban J connectivity index is 1.98. The SMILES string of the molecule is COC(=O)[C@H](C)Oc1ccc2cc(-c3ccccc3)c(=O)oc2c1. The van der Waals surface area contributed by atoms with E-state index in [1.165, 1.54) is 7.11 Å². The lowest BCUT2D eigenvalue weighted by Gasteiger charge is -2.12. The molecule has 0 radical (unpaired) electrons. The van der Waals surface area contributed by atoms with Gasteiger partial charge in [-0.15, -0.1) is 0 Å². The fourth-order valence-corrected chi connectivity index (χ4v) is 2.40. The molecule has 5 nitrogen and oxygen atoms in total. The van der Waals surface area contributed by atoms with Gasteiger partial charge in [0.1, 0.15) is 11.3 Å². The van der Waals surface area contributed by atoms with Gasteiger partial charge < -0.3 is 13.9 Å². The summed E-state index contributed by atoms with van der Waals surface area (Å²) in [5.74, 6) is -0.0491. The fraction of sp³-hybridized carbons (Fsp3) is 0.158. The van der Waals surface area contributed by atoms with Crippen molar-refractivity contribution in [1.29, 1.82) is 0 Å². The molecule has 0 fully saturated rings. The van der Waals surface area contributed by atoms with Crippen LogP contribution < -0.4 is 10.4 Å². The van der Waals surface area contributed by atoms with Crippen molar-refractivity contribution in [1.82, 2.24) is 0 Å². The third kappa shape index (κ3) is 3.15. The van der Waals surface area contributed by atoms with Gasteiger partial charge in [0, 0.05) is 11.5 Å². The van der Waals surface area contributed by atoms with Crippen LogP contribution >= 0.6 is 0 Å². The van der Waals surface area contributed by atoms with Crippen LogP contribution in [-0.4, -0.2) is 19.2 Å². The van der Waals surface area contributed by atoms with E-state index in [9.17, 15) is 9.59 Å². The smallest absolute Gasteiger partial charge is 0.346 e. The molecule has 0 spiro atoms. The molecule has 1 atom stereocenters. The highest BCUT2D eigenvalue weighted by molar-refractivity contribution is 5.83. The van der Waals surface area contributed by atoms with Crippen LogP contribution in [0.1, 0.15) is 6.92 Å². The Morgan fingerprint density at radius 1 is 1.08 bits per heavy atom. The Morgan fingerprint density at radius 2 is 1.83 bits per heavy atom. The van der Waals surface area contributed by atoms with Gasteiger partial charge in [0.05, 0.1) is 12.7 Å². The quantitative estimate of drug-likeness (QED) is 0.543. The van der Waals surface area contributed by atoms with Crippen LogP contribution in [0.4, 0.5) is 0 Å². The molecule has 1 aromatic heterocycles. The van der Waals surface area contributed by atoms with Gasteiger partial charge in [0.25, 0.3) is 0 Å². The summed E-state index contributed by atoms with van der Waals surface area (Å²) in [6, 6.07) is 16.2. The van der Waals surface area contributed by atoms with E-state index in [4.69, 9.17) is 9.15 Å². The Labute approximate surface area is 138 Å². The van der Waals surface area contributed by atoms with E-state index in [1.54, 1.807) is 31.2 Å². The molecule has 0 bridgehead atoms. The van der Waals surface area contributed by atoms with Crippen molar-refractivity contribution >= 4 is 16.9 Å². The highest BCUT2D eigenvalue weighted by atomic mass is 16.6. The molecule has 122 valence electrons. The van der Waals surface area contributed by atoms with Crippen LogP contribution in [0.15, 0.2) is 63.8 Å². The first-order valence-electron chi connectivity index (χ1n) is 7.46. The second kappa shape index (κ2) is 6.58. The van der Waals surface area contributed by atoms with Gasteiger partial charge in [0.2, 0.25) is 0 Å². The molecule has 0 aliphatic carbocycles. The Kier molecular flexibility index (Phi) is 4.33. The fourth-order valence-electron chi connectivity index (χ4n) is 2.40. The molecule has 24 heavy (non-hydrogen) atoms. The van der Waals surface area contributed by atoms with Crippen molar-refractivity contribution in [2.75, 3.05) is 7.11 Å². The molecule has 0 aliphatic heterocycles. The number of carbonyl (C=O) groups excluding carboxylic acids is 1. The first-order valence-corrected chi connectivity index (χ1v) is 7.46. The minimum atomic E-state index is -0.747. The lowest BCUT2D eigenvalue weighted by Crippen LogP contribution is -2.24. The first kappa shape index (κ1) is 15.8. The first-order chi connectivity index (χ1) is 11.6. The number of carbonyl (C=O) groups is 1. The molecule has 0 aliphatic rings. The maximum absolute atomic E-state index is 12.2. The molecule has 3 aromatic rings. The Hall–Kier alpha value is -3.08. The van der Waals surface area contributed by atoms with E-state index >= 15 is 0 Å². The van der Waals surface area contributed by atoms with Crippen LogP contribution in [0, 0.1) is 0 Å². The minimum absolute atomic E-state index is 0.397. The highest BCUT2D eigenvalue weighted by Crippen LogP contribution is 2.24. The molecule has 0 amide bonds. The van der Waals surface area contributed by atoms with Gasteiger partial charge in [-0.25, -0.2) is 9.59 Å². The molecule has 5 heteroatoms. The molecule has 0 unspecified atom stereocenters. The molecule has 3 rings (SSSR count). The molecule has 0 saturated heterocycles. The second-order valence-corrected chi connectivity index (χ2v) is 5.30. The maximum Gasteiger partial charge on any atom is 0.346 e. The summed E-state index contributed by atoms with van der Waals surface area (Å²) in [4.78, 5) is 23.7. The molecular formula is C19H16O5. The van der Waals surface area contributed by atoms with Crippen LogP contribution in [0.2, 0.25) is 0 Å². The lowest BCUT2D eigenvalue weighted by molar-refractivity contribution is -0.147. The van der Waals surface area contributed by atoms with E-state index in [-0.39, 0.29) is 0 Å². The van der Waals surface area contributed by atoms with Crippen LogP contribution in [-0.2, 0) is 9.53 Å². The zero-order chi connectivity index (χ0) is 17.1. The van der Waals surface area contributed by atoms with Gasteiger partial charge in [-0.3, -0.25) is 0 Å². The third-order valence-electron chi connectivity index (χ3n) is 3.64. The highest BCUT2D eigenvalue weighted by Gasteiger charge is 2.15. The van der Waals surface area contributed by atoms with Gasteiger partial charge >= 0.3 is 11.6 Å². The standard InChI is InChI=1S/C19H16O5/c1-12(18(20)22-2)23-15-9-8-14-10-16(13-6-4-3-5-7-13)19(21)24-17(14)11-15/h3-12H,1-2H3/t12-/m0/s1. The summed E-state index contributed by atoms with van der Waals surface area (Å²) in [5.41, 5.74) is 1.27. The Bertz CT molecular complexity index is 927. The zero-order valence-electron chi connectivity index (χ0n) is 13.3. The number of fused-ring (bicyclic) bond motifs is 1. The number of hydrogen-bond donors (Lipinski definition) is 0. The van der Waals surface area contributed by atoms with Crippen LogP contribution in [0.25, 0.3) is 22.1 Å². The summed E-state index contributed by atoms with van der Waals surface area (Å²) in [6.45, 7) is 1.59. The summed E-state index contributed by atoms with van der Waals surface area (Å²) >= 11 is 0. The van der Waals surface area contributed by atoms with Crippen molar-refractivity contribution in [3.05, 3.63) is 65.0 Å². The van der Waals surface area contributed by atoms with Crippen molar-refractivity contribution in [2.45, 2.75) is 13.0 Å². The lowest BCUT2D eigenvalue weighted by atomic mass is 10.1. The number of esters is 1. The predicted octanol–water partition coefficient (Wildman–Crippen LogP) is 3.40. The summed E-state index contributed by atoms with van der Waals surface area (Å²) < 4.78 is 15.5. The summed E-state index contributed by atoms with van der Waals surface area (Å²) in [7, 11) is 1.30. The summed E-state index contributed by atoms with van der Waals surface area (Å²) in [6.07, 6.45) is -0.747. The summed E-state index contributed by atoms with van der Waals surface area (Å²) in [5, 5.41) is 0.770. The Morgan fingerprint density at radius 3 is 2.54 bits per heavy atom. The van der Waals surface area contributed by atoms with E-state index < -0.39 is 17.7 Å². The van der Waals surface area contributed by atoms with Crippen LogP contribution in [0.5, 0.6) is 5.75 Å². The van der Waals surface area contributed by atoms with Crippen LogP contribution in [0.3, 0.4) is 0 Å². The van der Waals surface area contributed by atoms with Crippen molar-refractivity contribution < 1.29 is 18.7 Å². The number of benzene rings is 2. The van der Waals surface area contributed by atoms with E-state index in [1.807, 2.05) is 30.3 Å². The number of rotatable bonds is 4. The van der Waals surface area contributed by atoms with Gasteiger partial charge in [-0.05, 0) is 30.7 Å². The van der Waals surface area contributed by atoms with Crippen molar-refractivity contribution in [3.8, 4) is 16.9 Å². The van der Waals surface area contributed by atoms with E-state index in [0.717, 1.165) is 10.9 Å². The van der Waals surface area contributed by atoms with E-state index in [2.05, 4.69) is 4.74 Å². The number of hydrogen-bond acceptors (Lipinski definition) is 5.